The zero-order chi connectivity index (χ0) is 14.6. The van der Waals surface area contributed by atoms with Gasteiger partial charge in [-0.15, -0.1) is 0 Å². The Labute approximate surface area is 126 Å². The van der Waals surface area contributed by atoms with Crippen molar-refractivity contribution in [2.75, 3.05) is 26.2 Å². The zero-order valence-corrected chi connectivity index (χ0v) is 13.4. The van der Waals surface area contributed by atoms with Gasteiger partial charge in [0.05, 0.1) is 0 Å². The molecule has 5 heteroatoms. The topological polar surface area (TPSA) is 38.2 Å². The highest BCUT2D eigenvalue weighted by Crippen LogP contribution is 2.23. The summed E-state index contributed by atoms with van der Waals surface area (Å²) in [5.74, 6) is 1.30. The molecule has 1 fully saturated rings. The fourth-order valence-corrected chi connectivity index (χ4v) is 2.44. The minimum absolute atomic E-state index is 0.129. The maximum Gasteiger partial charge on any atom is 0.218 e. The Hall–Kier alpha value is -0.870. The van der Waals surface area contributed by atoms with Crippen LogP contribution in [0.15, 0.2) is 6.07 Å². The van der Waals surface area contributed by atoms with Crippen molar-refractivity contribution in [2.24, 2.45) is 0 Å². The summed E-state index contributed by atoms with van der Waals surface area (Å²) in [6, 6.07) is 1.69. The third-order valence-corrected chi connectivity index (χ3v) is 3.64. The lowest BCUT2D eigenvalue weighted by atomic mass is 9.96. The lowest BCUT2D eigenvalue weighted by Crippen LogP contribution is -2.33. The Kier molecular flexibility index (Phi) is 5.22. The Morgan fingerprint density at radius 2 is 1.90 bits per heavy atom. The Bertz CT molecular complexity index is 439. The smallest absolute Gasteiger partial charge is 0.218 e. The van der Waals surface area contributed by atoms with Crippen molar-refractivity contribution in [3.63, 3.8) is 0 Å². The molecule has 2 rings (SSSR count). The Balaban J connectivity index is 1.90. The molecule has 0 aliphatic carbocycles. The zero-order valence-electron chi connectivity index (χ0n) is 12.7. The number of rotatable bonds is 4. The van der Waals surface area contributed by atoms with E-state index in [4.69, 9.17) is 16.3 Å². The number of aromatic nitrogens is 2. The molecule has 2 heterocycles. The molecule has 0 unspecified atom stereocenters. The average Bonchev–Trinajstić information content (AvgIpc) is 2.38. The molecule has 0 aromatic carbocycles. The van der Waals surface area contributed by atoms with Gasteiger partial charge in [-0.1, -0.05) is 38.8 Å². The molecule has 0 bridgehead atoms. The van der Waals surface area contributed by atoms with Crippen LogP contribution in [-0.4, -0.2) is 41.1 Å². The van der Waals surface area contributed by atoms with Gasteiger partial charge in [0.15, 0.2) is 0 Å². The molecule has 0 spiro atoms. The summed E-state index contributed by atoms with van der Waals surface area (Å²) in [5, 5.41) is 0.442. The van der Waals surface area contributed by atoms with Crippen LogP contribution < -0.4 is 4.74 Å². The van der Waals surface area contributed by atoms with E-state index in [1.54, 1.807) is 6.07 Å². The van der Waals surface area contributed by atoms with Crippen molar-refractivity contribution in [1.82, 2.24) is 14.9 Å². The second kappa shape index (κ2) is 6.72. The number of hydrogen-bond acceptors (Lipinski definition) is 4. The molecule has 112 valence electrons. The normalized spacial score (nSPS) is 17.2. The predicted octanol–water partition coefficient (Wildman–Crippen LogP) is 3.29. The highest BCUT2D eigenvalue weighted by Gasteiger charge is 2.19. The molecule has 20 heavy (non-hydrogen) atoms. The Morgan fingerprint density at radius 3 is 2.55 bits per heavy atom. The summed E-state index contributed by atoms with van der Waals surface area (Å²) in [7, 11) is 0. The molecule has 0 radical (unpaired) electrons. The van der Waals surface area contributed by atoms with Gasteiger partial charge < -0.3 is 4.74 Å². The Morgan fingerprint density at radius 1 is 1.20 bits per heavy atom. The summed E-state index contributed by atoms with van der Waals surface area (Å²) in [5.41, 5.74) is -0.129. The summed E-state index contributed by atoms with van der Waals surface area (Å²) in [4.78, 5) is 11.2. The van der Waals surface area contributed by atoms with Gasteiger partial charge in [0, 0.05) is 18.0 Å². The quantitative estimate of drug-likeness (QED) is 0.799. The van der Waals surface area contributed by atoms with Crippen LogP contribution in [0.2, 0.25) is 5.15 Å². The van der Waals surface area contributed by atoms with Crippen LogP contribution in [0.4, 0.5) is 0 Å². The standard InChI is InChI=1S/C15H24ClN3O/c1-15(2,3)14-17-12(16)11-13(18-14)20-10-9-19-7-5-4-6-8-19/h11H,4-10H2,1-3H3. The number of hydrogen-bond donors (Lipinski definition) is 0. The van der Waals surface area contributed by atoms with Gasteiger partial charge in [-0.2, -0.15) is 4.98 Å². The van der Waals surface area contributed by atoms with Gasteiger partial charge in [0.2, 0.25) is 5.88 Å². The van der Waals surface area contributed by atoms with Gasteiger partial charge >= 0.3 is 0 Å². The second-order valence-corrected chi connectivity index (χ2v) is 6.74. The maximum absolute atomic E-state index is 6.04. The van der Waals surface area contributed by atoms with E-state index in [2.05, 4.69) is 35.6 Å². The fourth-order valence-electron chi connectivity index (χ4n) is 2.27. The molecule has 1 aliphatic rings. The van der Waals surface area contributed by atoms with E-state index < -0.39 is 0 Å². The maximum atomic E-state index is 6.04. The van der Waals surface area contributed by atoms with Crippen LogP contribution in [0.25, 0.3) is 0 Å². The molecular weight excluding hydrogens is 274 g/mol. The first-order chi connectivity index (χ1) is 9.45. The number of halogens is 1. The molecule has 1 aromatic heterocycles. The van der Waals surface area contributed by atoms with Gasteiger partial charge in [-0.25, -0.2) is 4.98 Å². The molecule has 4 nitrogen and oxygen atoms in total. The van der Waals surface area contributed by atoms with Gasteiger partial charge in [-0.05, 0) is 25.9 Å². The molecule has 0 N–H and O–H groups in total. The molecular formula is C15H24ClN3O. The average molecular weight is 298 g/mol. The van der Waals surface area contributed by atoms with Crippen LogP contribution in [0.5, 0.6) is 5.88 Å². The second-order valence-electron chi connectivity index (χ2n) is 6.35. The van der Waals surface area contributed by atoms with Crippen molar-refractivity contribution in [1.29, 1.82) is 0 Å². The molecule has 1 aromatic rings. The van der Waals surface area contributed by atoms with Crippen molar-refractivity contribution in [3.05, 3.63) is 17.0 Å². The number of likely N-dealkylation sites (tertiary alicyclic amines) is 1. The fraction of sp³-hybridized carbons (Fsp3) is 0.733. The minimum Gasteiger partial charge on any atom is -0.476 e. The molecule has 0 saturated carbocycles. The van der Waals surface area contributed by atoms with Crippen molar-refractivity contribution in [3.8, 4) is 5.88 Å². The van der Waals surface area contributed by atoms with Crippen LogP contribution in [0.3, 0.4) is 0 Å². The number of nitrogens with zero attached hydrogens (tertiary/aromatic N) is 3. The molecule has 0 atom stereocenters. The number of ether oxygens (including phenoxy) is 1. The number of piperidine rings is 1. The van der Waals surface area contributed by atoms with Crippen LogP contribution in [0.1, 0.15) is 45.9 Å². The van der Waals surface area contributed by atoms with Crippen LogP contribution in [0, 0.1) is 0 Å². The van der Waals surface area contributed by atoms with Gasteiger partial charge in [0.25, 0.3) is 0 Å². The van der Waals surface area contributed by atoms with E-state index in [9.17, 15) is 0 Å². The molecule has 1 saturated heterocycles. The van der Waals surface area contributed by atoms with E-state index >= 15 is 0 Å². The summed E-state index contributed by atoms with van der Waals surface area (Å²) < 4.78 is 5.75. The first-order valence-corrected chi connectivity index (χ1v) is 7.73. The van der Waals surface area contributed by atoms with Gasteiger partial charge in [-0.3, -0.25) is 4.90 Å². The third kappa shape index (κ3) is 4.60. The monoisotopic (exact) mass is 297 g/mol. The van der Waals surface area contributed by atoms with E-state index in [0.717, 1.165) is 12.4 Å². The third-order valence-electron chi connectivity index (χ3n) is 3.45. The molecule has 0 amide bonds. The summed E-state index contributed by atoms with van der Waals surface area (Å²) in [6.07, 6.45) is 3.95. The summed E-state index contributed by atoms with van der Waals surface area (Å²) in [6.45, 7) is 10.2. The largest absolute Gasteiger partial charge is 0.476 e. The minimum atomic E-state index is -0.129. The van der Waals surface area contributed by atoms with Crippen LogP contribution >= 0.6 is 11.6 Å². The highest BCUT2D eigenvalue weighted by molar-refractivity contribution is 6.29. The van der Waals surface area contributed by atoms with E-state index in [1.807, 2.05) is 0 Å². The van der Waals surface area contributed by atoms with Crippen molar-refractivity contribution >= 4 is 11.6 Å². The SMILES string of the molecule is CC(C)(C)c1nc(Cl)cc(OCCN2CCCCC2)n1. The first kappa shape index (κ1) is 15.5. The molecule has 1 aliphatic heterocycles. The van der Waals surface area contributed by atoms with Crippen LogP contribution in [-0.2, 0) is 5.41 Å². The van der Waals surface area contributed by atoms with E-state index in [-0.39, 0.29) is 5.41 Å². The highest BCUT2D eigenvalue weighted by atomic mass is 35.5. The lowest BCUT2D eigenvalue weighted by Gasteiger charge is -2.26. The van der Waals surface area contributed by atoms with Crippen molar-refractivity contribution in [2.45, 2.75) is 45.4 Å². The first-order valence-electron chi connectivity index (χ1n) is 7.35. The lowest BCUT2D eigenvalue weighted by molar-refractivity contribution is 0.180. The van der Waals surface area contributed by atoms with E-state index in [1.165, 1.54) is 32.4 Å². The van der Waals surface area contributed by atoms with Crippen molar-refractivity contribution < 1.29 is 4.74 Å². The predicted molar refractivity (Wildman–Crippen MR) is 81.5 cm³/mol. The van der Waals surface area contributed by atoms with E-state index in [0.29, 0.717) is 17.6 Å². The van der Waals surface area contributed by atoms with Gasteiger partial charge in [0.1, 0.15) is 17.6 Å². The summed E-state index contributed by atoms with van der Waals surface area (Å²) >= 11 is 6.04.